The van der Waals surface area contributed by atoms with Crippen molar-refractivity contribution in [2.75, 3.05) is 22.9 Å². The Labute approximate surface area is 247 Å². The number of hydrogen-bond donors (Lipinski definition) is 2. The van der Waals surface area contributed by atoms with Crippen LogP contribution in [0.1, 0.15) is 146 Å². The maximum absolute atomic E-state index is 14.2. The first-order chi connectivity index (χ1) is 18.5. The highest BCUT2D eigenvalue weighted by atomic mass is 16.3. The van der Waals surface area contributed by atoms with Crippen LogP contribution >= 0.6 is 0 Å². The van der Waals surface area contributed by atoms with Crippen molar-refractivity contribution >= 4 is 11.4 Å². The van der Waals surface area contributed by atoms with Gasteiger partial charge in [-0.1, -0.05) is 52.4 Å². The molecule has 2 fully saturated rings. The van der Waals surface area contributed by atoms with Crippen LogP contribution in [0.25, 0.3) is 0 Å². The molecule has 230 valence electrons. The number of piperidine rings is 2. The molecule has 0 saturated carbocycles. The quantitative estimate of drug-likeness (QED) is 0.196. The molecule has 0 atom stereocenters. The zero-order valence-corrected chi connectivity index (χ0v) is 27.8. The minimum absolute atomic E-state index is 0.000673. The Balaban J connectivity index is 1.96. The number of rotatable bonds is 14. The van der Waals surface area contributed by atoms with Gasteiger partial charge in [-0.2, -0.15) is 0 Å². The standard InChI is InChI=1S/C34H62N4O2/c1-11-13-15-17-19-37(25-21-31(3,4)35-32(5,6)22-25)27-29(39)28(30(27)40)38(20-18-16-14-12-2)26-23-33(7,8)36-34(9,10)24-26/h25-26,35-36H,11-24H2,1-10H3. The van der Waals surface area contributed by atoms with Crippen LogP contribution in [-0.2, 0) is 0 Å². The van der Waals surface area contributed by atoms with E-state index in [-0.39, 0.29) is 45.7 Å². The van der Waals surface area contributed by atoms with Crippen molar-refractivity contribution in [3.05, 3.63) is 0 Å². The Morgan fingerprint density at radius 2 is 1.10 bits per heavy atom. The predicted molar refractivity (Wildman–Crippen MR) is 168 cm³/mol. The van der Waals surface area contributed by atoms with Crippen molar-refractivity contribution in [3.63, 3.8) is 0 Å². The summed E-state index contributed by atoms with van der Waals surface area (Å²) in [4.78, 5) is 4.50. The van der Waals surface area contributed by atoms with E-state index in [9.17, 15) is 10.2 Å². The first-order valence-electron chi connectivity index (χ1n) is 16.5. The maximum atomic E-state index is 14.2. The Hall–Kier alpha value is -1.40. The third-order valence-corrected chi connectivity index (χ3v) is 9.16. The molecular formula is C34H62N4O2. The van der Waals surface area contributed by atoms with Gasteiger partial charge < -0.3 is 20.8 Å². The minimum Gasteiger partial charge on any atom is -0.790 e. The van der Waals surface area contributed by atoms with Gasteiger partial charge >= 0.3 is 0 Å². The van der Waals surface area contributed by atoms with Crippen molar-refractivity contribution in [3.8, 4) is 11.5 Å². The molecule has 0 radical (unpaired) electrons. The fourth-order valence-electron chi connectivity index (χ4n) is 8.24. The van der Waals surface area contributed by atoms with Crippen LogP contribution in [0.2, 0.25) is 0 Å². The smallest absolute Gasteiger partial charge is 0.251 e. The Morgan fingerprint density at radius 1 is 0.675 bits per heavy atom. The summed E-state index contributed by atoms with van der Waals surface area (Å²) in [6.45, 7) is 24.0. The Kier molecular flexibility index (Phi) is 10.6. The largest absolute Gasteiger partial charge is 0.790 e. The van der Waals surface area contributed by atoms with E-state index in [1.807, 2.05) is 0 Å². The SMILES string of the molecule is CCCCCCN(c1c([O-])[c+](N(CCCCCC)C2CC(C)(C)NC(C)(C)C2)[c+]1[O-])C1CC(C)(C)NC(C)(C)C1. The zero-order valence-electron chi connectivity index (χ0n) is 27.8. The first kappa shape index (κ1) is 33.1. The number of nitrogens with zero attached hydrogens (tertiary/aromatic N) is 2. The molecule has 0 unspecified atom stereocenters. The molecule has 2 heterocycles. The third-order valence-electron chi connectivity index (χ3n) is 9.16. The molecule has 1 aromatic rings. The number of hydrogen-bond acceptors (Lipinski definition) is 6. The first-order valence-corrected chi connectivity index (χ1v) is 16.5. The van der Waals surface area contributed by atoms with Gasteiger partial charge in [0.25, 0.3) is 11.4 Å². The van der Waals surface area contributed by atoms with E-state index >= 15 is 0 Å². The molecule has 0 spiro atoms. The molecule has 2 aliphatic rings. The molecule has 40 heavy (non-hydrogen) atoms. The van der Waals surface area contributed by atoms with E-state index in [0.717, 1.165) is 64.5 Å². The average molecular weight is 559 g/mol. The number of nitrogens with one attached hydrogen (secondary N) is 2. The molecule has 0 amide bonds. The van der Waals surface area contributed by atoms with Crippen molar-refractivity contribution in [2.24, 2.45) is 0 Å². The van der Waals surface area contributed by atoms with Gasteiger partial charge in [-0.3, -0.25) is 9.80 Å². The molecule has 0 aliphatic carbocycles. The van der Waals surface area contributed by atoms with Gasteiger partial charge in [0.2, 0.25) is 0 Å². The van der Waals surface area contributed by atoms with Gasteiger partial charge in [-0.25, -0.2) is 0 Å². The maximum Gasteiger partial charge on any atom is 0.251 e. The van der Waals surface area contributed by atoms with Crippen molar-refractivity contribution < 1.29 is 10.2 Å². The van der Waals surface area contributed by atoms with Crippen LogP contribution < -0.4 is 30.6 Å². The van der Waals surface area contributed by atoms with Gasteiger partial charge in [-0.05, 0) is 93.9 Å². The summed E-state index contributed by atoms with van der Waals surface area (Å²) >= 11 is 0. The lowest BCUT2D eigenvalue weighted by Gasteiger charge is -2.51. The summed E-state index contributed by atoms with van der Waals surface area (Å²) in [6, 6.07) is 0.374. The van der Waals surface area contributed by atoms with Gasteiger partial charge in [0, 0.05) is 47.3 Å². The van der Waals surface area contributed by atoms with Crippen LogP contribution in [0.15, 0.2) is 0 Å². The van der Waals surface area contributed by atoms with E-state index in [0.29, 0.717) is 11.4 Å². The topological polar surface area (TPSA) is 76.7 Å². The summed E-state index contributed by atoms with van der Waals surface area (Å²) in [5.41, 5.74) is 0.749. The highest BCUT2D eigenvalue weighted by Crippen LogP contribution is 2.55. The van der Waals surface area contributed by atoms with Crippen LogP contribution in [0.5, 0.6) is 11.5 Å². The second kappa shape index (κ2) is 12.9. The summed E-state index contributed by atoms with van der Waals surface area (Å²) in [5, 5.41) is 35.9. The summed E-state index contributed by atoms with van der Waals surface area (Å²) in [6.07, 6.45) is 12.8. The van der Waals surface area contributed by atoms with Crippen molar-refractivity contribution in [1.29, 1.82) is 0 Å². The lowest BCUT2D eigenvalue weighted by atomic mass is 9.78. The second-order valence-corrected chi connectivity index (χ2v) is 15.8. The fourth-order valence-corrected chi connectivity index (χ4v) is 8.24. The summed E-state index contributed by atoms with van der Waals surface area (Å²) in [7, 11) is 0. The lowest BCUT2D eigenvalue weighted by molar-refractivity contribution is -0.288. The van der Waals surface area contributed by atoms with Crippen LogP contribution in [-0.4, -0.2) is 47.3 Å². The molecule has 6 heteroatoms. The van der Waals surface area contributed by atoms with Gasteiger partial charge in [0.05, 0.1) is 0 Å². The summed E-state index contributed by atoms with van der Waals surface area (Å²) < 4.78 is 0. The Morgan fingerprint density at radius 3 is 1.52 bits per heavy atom. The molecule has 3 rings (SSSR count). The fraction of sp³-hybridized carbons (Fsp3) is 0.882. The monoisotopic (exact) mass is 558 g/mol. The zero-order chi connectivity index (χ0) is 29.9. The van der Waals surface area contributed by atoms with Gasteiger partial charge in [0.15, 0.2) is 11.5 Å². The van der Waals surface area contributed by atoms with Gasteiger partial charge in [-0.15, -0.1) is 0 Å². The van der Waals surface area contributed by atoms with E-state index in [1.165, 1.54) is 25.7 Å². The molecule has 6 nitrogen and oxygen atoms in total. The van der Waals surface area contributed by atoms with Gasteiger partial charge in [0.1, 0.15) is 0 Å². The van der Waals surface area contributed by atoms with Crippen LogP contribution in [0.3, 0.4) is 0 Å². The highest BCUT2D eigenvalue weighted by Gasteiger charge is 2.48. The summed E-state index contributed by atoms with van der Waals surface area (Å²) in [5.74, 6) is -0.00135. The molecule has 2 saturated heterocycles. The number of anilines is 2. The number of unbranched alkanes of at least 4 members (excludes halogenated alkanes) is 6. The van der Waals surface area contributed by atoms with E-state index in [4.69, 9.17) is 0 Å². The third kappa shape index (κ3) is 8.33. The Bertz CT molecular complexity index is 805. The van der Waals surface area contributed by atoms with E-state index in [1.54, 1.807) is 0 Å². The van der Waals surface area contributed by atoms with E-state index in [2.05, 4.69) is 89.7 Å². The average Bonchev–Trinajstić information content (AvgIpc) is 2.78. The molecular weight excluding hydrogens is 496 g/mol. The highest BCUT2D eigenvalue weighted by molar-refractivity contribution is 5.91. The molecule has 0 aromatic heterocycles. The van der Waals surface area contributed by atoms with Crippen LogP contribution in [0.4, 0.5) is 11.4 Å². The van der Waals surface area contributed by atoms with Crippen molar-refractivity contribution in [2.45, 2.75) is 181 Å². The molecule has 1 aromatic carbocycles. The van der Waals surface area contributed by atoms with Crippen molar-refractivity contribution in [1.82, 2.24) is 10.6 Å². The second-order valence-electron chi connectivity index (χ2n) is 15.8. The van der Waals surface area contributed by atoms with E-state index < -0.39 is 0 Å². The minimum atomic E-state index is -0.0470. The van der Waals surface area contributed by atoms with Crippen LogP contribution in [0, 0.1) is 0 Å². The molecule has 0 bridgehead atoms. The predicted octanol–water partition coefficient (Wildman–Crippen LogP) is 6.66. The normalized spacial score (nSPS) is 22.4. The molecule has 2 aliphatic heterocycles. The lowest BCUT2D eigenvalue weighted by Crippen LogP contribution is -2.63. The molecule has 2 N–H and O–H groups in total.